The molecule has 1 rings (SSSR count). The zero-order valence-corrected chi connectivity index (χ0v) is 10.1. The van der Waals surface area contributed by atoms with E-state index < -0.39 is 10.0 Å². The molecule has 0 aromatic rings. The first-order chi connectivity index (χ1) is 7.05. The molecule has 5 heteroatoms. The van der Waals surface area contributed by atoms with Gasteiger partial charge < -0.3 is 5.11 Å². The van der Waals surface area contributed by atoms with Crippen LogP contribution in [0.1, 0.15) is 39.0 Å². The van der Waals surface area contributed by atoms with Gasteiger partial charge in [0.15, 0.2) is 0 Å². The van der Waals surface area contributed by atoms with Gasteiger partial charge in [0, 0.05) is 12.6 Å². The van der Waals surface area contributed by atoms with Gasteiger partial charge in [-0.2, -0.15) is 0 Å². The topological polar surface area (TPSA) is 66.4 Å². The third-order valence-electron chi connectivity index (χ3n) is 3.01. The van der Waals surface area contributed by atoms with Gasteiger partial charge in [-0.1, -0.05) is 13.3 Å². The highest BCUT2D eigenvalue weighted by molar-refractivity contribution is 7.89. The van der Waals surface area contributed by atoms with Crippen LogP contribution in [-0.4, -0.2) is 31.9 Å². The van der Waals surface area contributed by atoms with Crippen molar-refractivity contribution in [3.05, 3.63) is 0 Å². The minimum absolute atomic E-state index is 0.0648. The zero-order valence-electron chi connectivity index (χ0n) is 9.28. The SMILES string of the molecule is CC1CCCC1NS(=O)(=O)CCCCO. The monoisotopic (exact) mass is 235 g/mol. The molecule has 4 nitrogen and oxygen atoms in total. The van der Waals surface area contributed by atoms with E-state index in [1.54, 1.807) is 0 Å². The van der Waals surface area contributed by atoms with Crippen molar-refractivity contribution >= 4 is 10.0 Å². The van der Waals surface area contributed by atoms with Crippen molar-refractivity contribution in [1.29, 1.82) is 0 Å². The molecule has 0 heterocycles. The minimum Gasteiger partial charge on any atom is -0.396 e. The van der Waals surface area contributed by atoms with Gasteiger partial charge in [0.05, 0.1) is 5.75 Å². The van der Waals surface area contributed by atoms with Crippen LogP contribution in [0.3, 0.4) is 0 Å². The summed E-state index contributed by atoms with van der Waals surface area (Å²) in [7, 11) is -3.13. The highest BCUT2D eigenvalue weighted by Gasteiger charge is 2.26. The van der Waals surface area contributed by atoms with E-state index in [0.29, 0.717) is 18.8 Å². The second-order valence-corrected chi connectivity index (χ2v) is 6.26. The maximum Gasteiger partial charge on any atom is 0.211 e. The molecule has 1 aliphatic carbocycles. The molecule has 15 heavy (non-hydrogen) atoms. The predicted octanol–water partition coefficient (Wildman–Crippen LogP) is 0.867. The van der Waals surface area contributed by atoms with E-state index in [2.05, 4.69) is 11.6 Å². The molecule has 90 valence electrons. The Morgan fingerprint density at radius 3 is 2.60 bits per heavy atom. The Morgan fingerprint density at radius 2 is 2.07 bits per heavy atom. The highest BCUT2D eigenvalue weighted by Crippen LogP contribution is 2.25. The van der Waals surface area contributed by atoms with Crippen LogP contribution < -0.4 is 4.72 Å². The Balaban J connectivity index is 2.35. The fourth-order valence-corrected chi connectivity index (χ4v) is 3.53. The molecular weight excluding hydrogens is 214 g/mol. The van der Waals surface area contributed by atoms with E-state index >= 15 is 0 Å². The fourth-order valence-electron chi connectivity index (χ4n) is 2.01. The number of unbranched alkanes of at least 4 members (excludes halogenated alkanes) is 1. The van der Waals surface area contributed by atoms with Crippen molar-refractivity contribution < 1.29 is 13.5 Å². The van der Waals surface area contributed by atoms with Crippen LogP contribution in [0.25, 0.3) is 0 Å². The van der Waals surface area contributed by atoms with Crippen LogP contribution in [0.4, 0.5) is 0 Å². The summed E-state index contributed by atoms with van der Waals surface area (Å²) in [4.78, 5) is 0. The highest BCUT2D eigenvalue weighted by atomic mass is 32.2. The van der Waals surface area contributed by atoms with Crippen molar-refractivity contribution in [3.8, 4) is 0 Å². The van der Waals surface area contributed by atoms with E-state index in [-0.39, 0.29) is 18.4 Å². The van der Waals surface area contributed by atoms with Crippen molar-refractivity contribution in [1.82, 2.24) is 4.72 Å². The van der Waals surface area contributed by atoms with Crippen LogP contribution in [0.15, 0.2) is 0 Å². The number of hydrogen-bond donors (Lipinski definition) is 2. The van der Waals surface area contributed by atoms with Gasteiger partial charge in [0.2, 0.25) is 10.0 Å². The predicted molar refractivity (Wildman–Crippen MR) is 60.0 cm³/mol. The van der Waals surface area contributed by atoms with Gasteiger partial charge >= 0.3 is 0 Å². The summed E-state index contributed by atoms with van der Waals surface area (Å²) in [5.41, 5.74) is 0. The second kappa shape index (κ2) is 5.82. The molecule has 1 fully saturated rings. The lowest BCUT2D eigenvalue weighted by molar-refractivity contribution is 0.287. The van der Waals surface area contributed by atoms with Crippen LogP contribution in [-0.2, 0) is 10.0 Å². The number of sulfonamides is 1. The van der Waals surface area contributed by atoms with Crippen molar-refractivity contribution in [2.75, 3.05) is 12.4 Å². The first-order valence-electron chi connectivity index (χ1n) is 5.66. The molecule has 2 atom stereocenters. The fraction of sp³-hybridized carbons (Fsp3) is 1.00. The molecular formula is C10H21NO3S. The zero-order chi connectivity index (χ0) is 11.3. The quantitative estimate of drug-likeness (QED) is 0.671. The molecule has 0 aliphatic heterocycles. The summed E-state index contributed by atoms with van der Waals surface area (Å²) >= 11 is 0. The number of rotatable bonds is 6. The molecule has 0 amide bonds. The molecule has 0 aromatic carbocycles. The summed E-state index contributed by atoms with van der Waals surface area (Å²) in [6, 6.07) is 0.129. The molecule has 2 N–H and O–H groups in total. The Bertz CT molecular complexity index is 276. The van der Waals surface area contributed by atoms with Crippen molar-refractivity contribution in [2.45, 2.75) is 45.1 Å². The lowest BCUT2D eigenvalue weighted by Gasteiger charge is -2.17. The number of aliphatic hydroxyl groups is 1. The van der Waals surface area contributed by atoms with E-state index in [1.165, 1.54) is 0 Å². The van der Waals surface area contributed by atoms with Gasteiger partial charge in [-0.3, -0.25) is 0 Å². The van der Waals surface area contributed by atoms with E-state index in [1.807, 2.05) is 0 Å². The molecule has 0 radical (unpaired) electrons. The molecule has 1 saturated carbocycles. The summed E-state index contributed by atoms with van der Waals surface area (Å²) < 4.78 is 26.0. The molecule has 0 spiro atoms. The van der Waals surface area contributed by atoms with Crippen LogP contribution in [0.2, 0.25) is 0 Å². The number of aliphatic hydroxyl groups excluding tert-OH is 1. The average Bonchev–Trinajstić information content (AvgIpc) is 2.51. The Morgan fingerprint density at radius 1 is 1.33 bits per heavy atom. The Labute approximate surface area is 92.1 Å². The number of nitrogens with one attached hydrogen (secondary N) is 1. The summed E-state index contributed by atoms with van der Waals surface area (Å²) in [6.07, 6.45) is 4.28. The first kappa shape index (κ1) is 12.9. The Kier molecular flexibility index (Phi) is 5.02. The first-order valence-corrected chi connectivity index (χ1v) is 7.31. The smallest absolute Gasteiger partial charge is 0.211 e. The maximum atomic E-state index is 11.6. The maximum absolute atomic E-state index is 11.6. The largest absolute Gasteiger partial charge is 0.396 e. The second-order valence-electron chi connectivity index (χ2n) is 4.38. The van der Waals surface area contributed by atoms with Crippen molar-refractivity contribution in [3.63, 3.8) is 0 Å². The van der Waals surface area contributed by atoms with Gasteiger partial charge in [-0.25, -0.2) is 13.1 Å². The van der Waals surface area contributed by atoms with Gasteiger partial charge in [-0.05, 0) is 31.6 Å². The van der Waals surface area contributed by atoms with E-state index in [4.69, 9.17) is 5.11 Å². The van der Waals surface area contributed by atoms with Crippen LogP contribution in [0.5, 0.6) is 0 Å². The van der Waals surface area contributed by atoms with Crippen molar-refractivity contribution in [2.24, 2.45) is 5.92 Å². The summed E-state index contributed by atoms with van der Waals surface area (Å²) in [6.45, 7) is 2.16. The van der Waals surface area contributed by atoms with Gasteiger partial charge in [0.25, 0.3) is 0 Å². The third kappa shape index (κ3) is 4.49. The third-order valence-corrected chi connectivity index (χ3v) is 4.50. The standard InChI is InChI=1S/C10H21NO3S/c1-9-5-4-6-10(9)11-15(13,14)8-3-2-7-12/h9-12H,2-8H2,1H3. The minimum atomic E-state index is -3.13. The lowest BCUT2D eigenvalue weighted by Crippen LogP contribution is -2.37. The number of hydrogen-bond acceptors (Lipinski definition) is 3. The molecule has 0 saturated heterocycles. The average molecular weight is 235 g/mol. The van der Waals surface area contributed by atoms with Gasteiger partial charge in [0.1, 0.15) is 0 Å². The van der Waals surface area contributed by atoms with E-state index in [0.717, 1.165) is 19.3 Å². The molecule has 2 unspecified atom stereocenters. The Hall–Kier alpha value is -0.130. The summed E-state index contributed by atoms with van der Waals surface area (Å²) in [5, 5.41) is 8.57. The van der Waals surface area contributed by atoms with Crippen LogP contribution >= 0.6 is 0 Å². The van der Waals surface area contributed by atoms with Crippen LogP contribution in [0, 0.1) is 5.92 Å². The summed E-state index contributed by atoms with van der Waals surface area (Å²) in [5.74, 6) is 0.592. The molecule has 0 bridgehead atoms. The van der Waals surface area contributed by atoms with E-state index in [9.17, 15) is 8.42 Å². The normalized spacial score (nSPS) is 27.1. The van der Waals surface area contributed by atoms with Gasteiger partial charge in [-0.15, -0.1) is 0 Å². The lowest BCUT2D eigenvalue weighted by atomic mass is 10.1. The molecule has 0 aromatic heterocycles. The molecule has 1 aliphatic rings.